The van der Waals surface area contributed by atoms with Crippen molar-refractivity contribution < 1.29 is 10.2 Å². The van der Waals surface area contributed by atoms with Crippen molar-refractivity contribution in [2.24, 2.45) is 0 Å². The Labute approximate surface area is 132 Å². The van der Waals surface area contributed by atoms with Crippen LogP contribution in [0.5, 0.6) is 11.5 Å². The van der Waals surface area contributed by atoms with E-state index in [1.807, 2.05) is 34.9 Å². The molecule has 5 nitrogen and oxygen atoms in total. The predicted molar refractivity (Wildman–Crippen MR) is 86.3 cm³/mol. The first-order valence-corrected chi connectivity index (χ1v) is 7.27. The molecule has 112 valence electrons. The van der Waals surface area contributed by atoms with E-state index in [-0.39, 0.29) is 11.5 Å². The van der Waals surface area contributed by atoms with E-state index in [4.69, 9.17) is 12.2 Å². The van der Waals surface area contributed by atoms with E-state index >= 15 is 0 Å². The molecule has 0 amide bonds. The fourth-order valence-corrected chi connectivity index (χ4v) is 2.55. The van der Waals surface area contributed by atoms with Crippen molar-refractivity contribution in [1.82, 2.24) is 14.8 Å². The molecule has 0 aliphatic carbocycles. The lowest BCUT2D eigenvalue weighted by Gasteiger charge is -2.08. The maximum absolute atomic E-state index is 9.86. The molecule has 0 aliphatic heterocycles. The molecule has 3 N–H and O–H groups in total. The zero-order valence-electron chi connectivity index (χ0n) is 11.7. The number of phenolic OH excluding ortho intramolecular Hbond substituents is 2. The van der Waals surface area contributed by atoms with Gasteiger partial charge in [-0.05, 0) is 30.3 Å². The van der Waals surface area contributed by atoms with Crippen molar-refractivity contribution in [2.75, 3.05) is 0 Å². The largest absolute Gasteiger partial charge is 0.508 e. The van der Waals surface area contributed by atoms with Gasteiger partial charge < -0.3 is 10.2 Å². The summed E-state index contributed by atoms with van der Waals surface area (Å²) in [6.07, 6.45) is 0.583. The van der Waals surface area contributed by atoms with Crippen LogP contribution in [-0.2, 0) is 13.0 Å². The average molecular weight is 313 g/mol. The number of aryl methyl sites for hydroxylation is 1. The summed E-state index contributed by atoms with van der Waals surface area (Å²) in [5.74, 6) is 0.895. The van der Waals surface area contributed by atoms with Crippen molar-refractivity contribution in [2.45, 2.75) is 13.0 Å². The summed E-state index contributed by atoms with van der Waals surface area (Å²) in [4.78, 5) is 0. The van der Waals surface area contributed by atoms with Crippen LogP contribution in [-0.4, -0.2) is 25.0 Å². The number of aromatic nitrogens is 3. The van der Waals surface area contributed by atoms with Gasteiger partial charge in [-0.1, -0.05) is 36.4 Å². The predicted octanol–water partition coefficient (Wildman–Crippen LogP) is 3.26. The molecular weight excluding hydrogens is 298 g/mol. The number of nitrogens with one attached hydrogen (secondary N) is 1. The minimum absolute atomic E-state index is 0.0474. The second-order valence-electron chi connectivity index (χ2n) is 4.93. The molecule has 3 rings (SSSR count). The zero-order chi connectivity index (χ0) is 15.5. The van der Waals surface area contributed by atoms with Crippen LogP contribution >= 0.6 is 12.2 Å². The van der Waals surface area contributed by atoms with Crippen LogP contribution in [0.15, 0.2) is 48.5 Å². The van der Waals surface area contributed by atoms with E-state index in [2.05, 4.69) is 10.2 Å². The van der Waals surface area contributed by atoms with Gasteiger partial charge in [-0.2, -0.15) is 5.10 Å². The van der Waals surface area contributed by atoms with Gasteiger partial charge in [0.25, 0.3) is 0 Å². The highest BCUT2D eigenvalue weighted by Crippen LogP contribution is 2.24. The molecule has 3 aromatic rings. The molecule has 0 aliphatic rings. The first-order chi connectivity index (χ1) is 10.6. The molecular formula is C16H15N3O2S. The van der Waals surface area contributed by atoms with Crippen LogP contribution in [0.1, 0.15) is 5.56 Å². The van der Waals surface area contributed by atoms with Crippen molar-refractivity contribution in [3.8, 4) is 22.9 Å². The number of hydrogen-bond donors (Lipinski definition) is 3. The van der Waals surface area contributed by atoms with E-state index in [9.17, 15) is 10.2 Å². The topological polar surface area (TPSA) is 74.1 Å². The Kier molecular flexibility index (Phi) is 3.93. The standard InChI is InChI=1S/C16H15N3O2S/c20-13-7-6-11(14(21)10-13)8-9-19-15(17-18-16(19)22)12-4-2-1-3-5-12/h1-7,10,20-21H,8-9H2,(H,18,22). The van der Waals surface area contributed by atoms with Gasteiger partial charge >= 0.3 is 0 Å². The van der Waals surface area contributed by atoms with Crippen LogP contribution < -0.4 is 0 Å². The second kappa shape index (κ2) is 6.03. The molecule has 0 saturated carbocycles. The van der Waals surface area contributed by atoms with E-state index in [0.29, 0.717) is 17.7 Å². The van der Waals surface area contributed by atoms with E-state index < -0.39 is 0 Å². The highest BCUT2D eigenvalue weighted by atomic mass is 32.1. The molecule has 0 unspecified atom stereocenters. The van der Waals surface area contributed by atoms with Gasteiger partial charge in [0.15, 0.2) is 10.6 Å². The summed E-state index contributed by atoms with van der Waals surface area (Å²) in [7, 11) is 0. The van der Waals surface area contributed by atoms with Crippen LogP contribution in [0.4, 0.5) is 0 Å². The maximum Gasteiger partial charge on any atom is 0.195 e. The summed E-state index contributed by atoms with van der Waals surface area (Å²) in [5, 5.41) is 26.3. The van der Waals surface area contributed by atoms with Crippen molar-refractivity contribution in [1.29, 1.82) is 0 Å². The minimum Gasteiger partial charge on any atom is -0.508 e. The molecule has 0 saturated heterocycles. The summed E-state index contributed by atoms with van der Waals surface area (Å²) in [6.45, 7) is 0.581. The summed E-state index contributed by atoms with van der Waals surface area (Å²) < 4.78 is 2.44. The highest BCUT2D eigenvalue weighted by molar-refractivity contribution is 7.71. The maximum atomic E-state index is 9.86. The molecule has 0 radical (unpaired) electrons. The summed E-state index contributed by atoms with van der Waals surface area (Å²) >= 11 is 5.28. The smallest absolute Gasteiger partial charge is 0.195 e. The Balaban J connectivity index is 1.87. The van der Waals surface area contributed by atoms with Gasteiger partial charge in [-0.25, -0.2) is 0 Å². The van der Waals surface area contributed by atoms with Gasteiger partial charge in [0.2, 0.25) is 0 Å². The molecule has 22 heavy (non-hydrogen) atoms. The quantitative estimate of drug-likeness (QED) is 0.646. The number of benzene rings is 2. The fraction of sp³-hybridized carbons (Fsp3) is 0.125. The Hall–Kier alpha value is -2.60. The first-order valence-electron chi connectivity index (χ1n) is 6.86. The zero-order valence-corrected chi connectivity index (χ0v) is 12.5. The van der Waals surface area contributed by atoms with Gasteiger partial charge in [0, 0.05) is 18.2 Å². The fourth-order valence-electron chi connectivity index (χ4n) is 2.33. The Morgan fingerprint density at radius 2 is 1.86 bits per heavy atom. The van der Waals surface area contributed by atoms with Crippen molar-refractivity contribution in [3.63, 3.8) is 0 Å². The van der Waals surface area contributed by atoms with Crippen LogP contribution in [0.2, 0.25) is 0 Å². The molecule has 1 aromatic heterocycles. The third-order valence-electron chi connectivity index (χ3n) is 3.46. The summed E-state index contributed by atoms with van der Waals surface area (Å²) in [5.41, 5.74) is 1.73. The average Bonchev–Trinajstić information content (AvgIpc) is 2.88. The second-order valence-corrected chi connectivity index (χ2v) is 5.32. The number of H-pyrrole nitrogens is 1. The lowest BCUT2D eigenvalue weighted by atomic mass is 10.1. The van der Waals surface area contributed by atoms with Gasteiger partial charge in [-0.15, -0.1) is 0 Å². The molecule has 0 bridgehead atoms. The third kappa shape index (κ3) is 2.87. The third-order valence-corrected chi connectivity index (χ3v) is 3.78. The van der Waals surface area contributed by atoms with Crippen molar-refractivity contribution >= 4 is 12.2 Å². The lowest BCUT2D eigenvalue weighted by Crippen LogP contribution is -2.04. The number of phenols is 2. The first kappa shape index (κ1) is 14.3. The SMILES string of the molecule is Oc1ccc(CCn2c(-c3ccccc3)n[nH]c2=S)c(O)c1. The lowest BCUT2D eigenvalue weighted by molar-refractivity contribution is 0.444. The number of aromatic hydroxyl groups is 2. The Morgan fingerprint density at radius 1 is 1.09 bits per heavy atom. The molecule has 6 heteroatoms. The molecule has 2 aromatic carbocycles. The van der Waals surface area contributed by atoms with Gasteiger partial charge in [-0.3, -0.25) is 9.67 Å². The highest BCUT2D eigenvalue weighted by Gasteiger charge is 2.10. The van der Waals surface area contributed by atoms with Crippen molar-refractivity contribution in [3.05, 3.63) is 58.9 Å². The monoisotopic (exact) mass is 313 g/mol. The van der Waals surface area contributed by atoms with Gasteiger partial charge in [0.05, 0.1) is 0 Å². The molecule has 0 atom stereocenters. The number of hydrogen-bond acceptors (Lipinski definition) is 4. The molecule has 0 fully saturated rings. The molecule has 1 heterocycles. The minimum atomic E-state index is 0.0474. The van der Waals surface area contributed by atoms with E-state index in [0.717, 1.165) is 17.0 Å². The van der Waals surface area contributed by atoms with Gasteiger partial charge in [0.1, 0.15) is 11.5 Å². The number of aromatic amines is 1. The Bertz CT molecular complexity index is 840. The van der Waals surface area contributed by atoms with E-state index in [1.54, 1.807) is 12.1 Å². The Morgan fingerprint density at radius 3 is 2.59 bits per heavy atom. The van der Waals surface area contributed by atoms with Crippen LogP contribution in [0, 0.1) is 4.77 Å². The summed E-state index contributed by atoms with van der Waals surface area (Å²) in [6, 6.07) is 14.4. The van der Waals surface area contributed by atoms with Crippen LogP contribution in [0.3, 0.4) is 0 Å². The number of nitrogens with zero attached hydrogens (tertiary/aromatic N) is 2. The normalized spacial score (nSPS) is 10.7. The van der Waals surface area contributed by atoms with E-state index in [1.165, 1.54) is 6.07 Å². The number of rotatable bonds is 4. The van der Waals surface area contributed by atoms with Crippen LogP contribution in [0.25, 0.3) is 11.4 Å². The molecule has 0 spiro atoms.